The Morgan fingerprint density at radius 1 is 1.21 bits per heavy atom. The van der Waals surface area contributed by atoms with Gasteiger partial charge in [-0.05, 0) is 35.4 Å². The molecule has 1 aliphatic rings. The standard InChI is InChI=1S/C12H15FO/c1-7-11(8(2)12(7)14)9-4-3-5-10(13)6-9/h3-8,11-12,14H,1-2H3. The van der Waals surface area contributed by atoms with Gasteiger partial charge in [0.25, 0.3) is 0 Å². The highest BCUT2D eigenvalue weighted by molar-refractivity contribution is 5.26. The molecule has 0 aliphatic heterocycles. The fourth-order valence-electron chi connectivity index (χ4n) is 2.56. The fourth-order valence-corrected chi connectivity index (χ4v) is 2.56. The van der Waals surface area contributed by atoms with Crippen molar-refractivity contribution in [1.82, 2.24) is 0 Å². The maximum Gasteiger partial charge on any atom is 0.123 e. The Kier molecular flexibility index (Phi) is 2.31. The second kappa shape index (κ2) is 3.35. The molecule has 1 nitrogen and oxygen atoms in total. The average Bonchev–Trinajstić information content (AvgIpc) is 2.18. The zero-order valence-electron chi connectivity index (χ0n) is 8.44. The van der Waals surface area contributed by atoms with Gasteiger partial charge in [0.2, 0.25) is 0 Å². The molecule has 0 saturated heterocycles. The van der Waals surface area contributed by atoms with E-state index < -0.39 is 0 Å². The number of rotatable bonds is 1. The van der Waals surface area contributed by atoms with Crippen LogP contribution in [0.5, 0.6) is 0 Å². The SMILES string of the molecule is CC1C(O)C(C)C1c1cccc(F)c1. The maximum absolute atomic E-state index is 13.0. The minimum Gasteiger partial charge on any atom is -0.393 e. The Morgan fingerprint density at radius 2 is 1.86 bits per heavy atom. The van der Waals surface area contributed by atoms with Crippen molar-refractivity contribution >= 4 is 0 Å². The van der Waals surface area contributed by atoms with Crippen LogP contribution in [0.4, 0.5) is 4.39 Å². The van der Waals surface area contributed by atoms with E-state index in [2.05, 4.69) is 0 Å². The number of hydrogen-bond donors (Lipinski definition) is 1. The van der Waals surface area contributed by atoms with Gasteiger partial charge in [-0.1, -0.05) is 26.0 Å². The number of benzene rings is 1. The van der Waals surface area contributed by atoms with E-state index >= 15 is 0 Å². The minimum atomic E-state index is -0.233. The Morgan fingerprint density at radius 3 is 2.43 bits per heavy atom. The second-order valence-electron chi connectivity index (χ2n) is 4.29. The molecule has 1 aromatic rings. The van der Waals surface area contributed by atoms with E-state index in [4.69, 9.17) is 0 Å². The molecule has 1 aromatic carbocycles. The van der Waals surface area contributed by atoms with Gasteiger partial charge in [-0.2, -0.15) is 0 Å². The van der Waals surface area contributed by atoms with E-state index in [1.165, 1.54) is 6.07 Å². The van der Waals surface area contributed by atoms with Crippen molar-refractivity contribution in [3.63, 3.8) is 0 Å². The molecule has 0 amide bonds. The number of hydrogen-bond acceptors (Lipinski definition) is 1. The number of halogens is 1. The van der Waals surface area contributed by atoms with Gasteiger partial charge < -0.3 is 5.11 Å². The lowest BCUT2D eigenvalue weighted by Crippen LogP contribution is -2.46. The van der Waals surface area contributed by atoms with Crippen molar-refractivity contribution in [2.75, 3.05) is 0 Å². The highest BCUT2D eigenvalue weighted by Crippen LogP contribution is 2.47. The van der Waals surface area contributed by atoms with E-state index in [1.54, 1.807) is 12.1 Å². The fraction of sp³-hybridized carbons (Fsp3) is 0.500. The zero-order chi connectivity index (χ0) is 10.3. The number of aliphatic hydroxyl groups is 1. The molecule has 0 bridgehead atoms. The highest BCUT2D eigenvalue weighted by Gasteiger charge is 2.44. The van der Waals surface area contributed by atoms with Gasteiger partial charge in [-0.15, -0.1) is 0 Å². The van der Waals surface area contributed by atoms with Crippen molar-refractivity contribution in [1.29, 1.82) is 0 Å². The quantitative estimate of drug-likeness (QED) is 0.728. The first-order valence-electron chi connectivity index (χ1n) is 5.05. The zero-order valence-corrected chi connectivity index (χ0v) is 8.44. The molecule has 76 valence electrons. The summed E-state index contributed by atoms with van der Waals surface area (Å²) in [5.74, 6) is 0.600. The number of aliphatic hydroxyl groups excluding tert-OH is 1. The summed E-state index contributed by atoms with van der Waals surface area (Å²) in [5.41, 5.74) is 1.01. The summed E-state index contributed by atoms with van der Waals surface area (Å²) < 4.78 is 13.0. The average molecular weight is 194 g/mol. The van der Waals surface area contributed by atoms with Crippen molar-refractivity contribution in [2.24, 2.45) is 11.8 Å². The first-order chi connectivity index (χ1) is 6.61. The summed E-state index contributed by atoms with van der Waals surface area (Å²) in [4.78, 5) is 0. The monoisotopic (exact) mass is 194 g/mol. The van der Waals surface area contributed by atoms with Crippen LogP contribution in [0.25, 0.3) is 0 Å². The molecule has 2 unspecified atom stereocenters. The van der Waals surface area contributed by atoms with Crippen LogP contribution >= 0.6 is 0 Å². The molecular weight excluding hydrogens is 179 g/mol. The summed E-state index contributed by atoms with van der Waals surface area (Å²) in [6.45, 7) is 4.03. The van der Waals surface area contributed by atoms with Crippen LogP contribution in [0.3, 0.4) is 0 Å². The van der Waals surface area contributed by atoms with Crippen LogP contribution in [0.15, 0.2) is 24.3 Å². The third-order valence-corrected chi connectivity index (χ3v) is 3.44. The molecule has 0 heterocycles. The van der Waals surface area contributed by atoms with E-state index in [1.807, 2.05) is 19.9 Å². The molecule has 1 fully saturated rings. The molecule has 0 spiro atoms. The maximum atomic E-state index is 13.0. The first-order valence-corrected chi connectivity index (χ1v) is 5.05. The van der Waals surface area contributed by atoms with Gasteiger partial charge in [-0.25, -0.2) is 4.39 Å². The Hall–Kier alpha value is -0.890. The normalized spacial score (nSPS) is 36.6. The Balaban J connectivity index is 2.24. The van der Waals surface area contributed by atoms with E-state index in [9.17, 15) is 9.50 Å². The summed E-state index contributed by atoms with van der Waals surface area (Å²) >= 11 is 0. The van der Waals surface area contributed by atoms with Crippen molar-refractivity contribution < 1.29 is 9.50 Å². The summed E-state index contributed by atoms with van der Waals surface area (Å²) in [5, 5.41) is 9.59. The topological polar surface area (TPSA) is 20.2 Å². The summed E-state index contributed by atoms with van der Waals surface area (Å²) in [7, 11) is 0. The smallest absolute Gasteiger partial charge is 0.123 e. The van der Waals surface area contributed by atoms with Crippen LogP contribution < -0.4 is 0 Å². The first kappa shape index (κ1) is 9.66. The lowest BCUT2D eigenvalue weighted by atomic mass is 9.61. The molecule has 0 radical (unpaired) electrons. The molecule has 2 heteroatoms. The van der Waals surface area contributed by atoms with Crippen LogP contribution in [0.2, 0.25) is 0 Å². The van der Waals surface area contributed by atoms with Gasteiger partial charge >= 0.3 is 0 Å². The molecule has 1 aliphatic carbocycles. The third-order valence-electron chi connectivity index (χ3n) is 3.44. The minimum absolute atomic E-state index is 0.191. The molecule has 2 rings (SSSR count). The predicted octanol–water partition coefficient (Wildman–Crippen LogP) is 2.56. The molecule has 1 N–H and O–H groups in total. The lowest BCUT2D eigenvalue weighted by molar-refractivity contribution is -0.0475. The van der Waals surface area contributed by atoms with Crippen LogP contribution in [0, 0.1) is 17.7 Å². The van der Waals surface area contributed by atoms with Gasteiger partial charge in [0.15, 0.2) is 0 Å². The third kappa shape index (κ3) is 1.34. The van der Waals surface area contributed by atoms with Gasteiger partial charge in [0.05, 0.1) is 6.10 Å². The van der Waals surface area contributed by atoms with Crippen LogP contribution in [0.1, 0.15) is 25.3 Å². The molecule has 1 saturated carbocycles. The van der Waals surface area contributed by atoms with Crippen molar-refractivity contribution in [3.05, 3.63) is 35.6 Å². The molecular formula is C12H15FO. The van der Waals surface area contributed by atoms with Gasteiger partial charge in [0.1, 0.15) is 5.82 Å². The largest absolute Gasteiger partial charge is 0.393 e. The van der Waals surface area contributed by atoms with E-state index in [-0.39, 0.29) is 23.8 Å². The van der Waals surface area contributed by atoms with Crippen LogP contribution in [-0.2, 0) is 0 Å². The van der Waals surface area contributed by atoms with Crippen molar-refractivity contribution in [2.45, 2.75) is 25.9 Å². The predicted molar refractivity (Wildman–Crippen MR) is 53.5 cm³/mol. The Labute approximate surface area is 83.6 Å². The summed E-state index contributed by atoms with van der Waals surface area (Å²) in [6.07, 6.45) is -0.233. The van der Waals surface area contributed by atoms with Crippen molar-refractivity contribution in [3.8, 4) is 0 Å². The van der Waals surface area contributed by atoms with E-state index in [0.717, 1.165) is 5.56 Å². The second-order valence-corrected chi connectivity index (χ2v) is 4.29. The molecule has 0 aromatic heterocycles. The van der Waals surface area contributed by atoms with Gasteiger partial charge in [0, 0.05) is 0 Å². The molecule has 2 atom stereocenters. The highest BCUT2D eigenvalue weighted by atomic mass is 19.1. The lowest BCUT2D eigenvalue weighted by Gasteiger charge is -2.46. The summed E-state index contributed by atoms with van der Waals surface area (Å²) in [6, 6.07) is 6.69. The van der Waals surface area contributed by atoms with Crippen LogP contribution in [-0.4, -0.2) is 11.2 Å². The van der Waals surface area contributed by atoms with E-state index in [0.29, 0.717) is 5.92 Å². The van der Waals surface area contributed by atoms with Gasteiger partial charge in [-0.3, -0.25) is 0 Å². The molecule has 14 heavy (non-hydrogen) atoms. The Bertz CT molecular complexity index is 327.